The first-order valence-electron chi connectivity index (χ1n) is 7.75. The highest BCUT2D eigenvalue weighted by atomic mass is 19.1. The van der Waals surface area contributed by atoms with E-state index in [0.717, 1.165) is 0 Å². The summed E-state index contributed by atoms with van der Waals surface area (Å²) in [6, 6.07) is 11.9. The van der Waals surface area contributed by atoms with Gasteiger partial charge in [-0.1, -0.05) is 12.1 Å². The molecule has 0 bridgehead atoms. The first kappa shape index (κ1) is 18.9. The largest absolute Gasteiger partial charge is 0.482 e. The van der Waals surface area contributed by atoms with Crippen LogP contribution in [-0.4, -0.2) is 30.9 Å². The molecule has 3 amide bonds. The molecule has 0 spiro atoms. The lowest BCUT2D eigenvalue weighted by Gasteiger charge is -2.11. The molecular weight excluding hydrogens is 341 g/mol. The number of carbonyl (C=O) groups is 3. The van der Waals surface area contributed by atoms with E-state index in [2.05, 4.69) is 16.0 Å². The van der Waals surface area contributed by atoms with Gasteiger partial charge in [0.15, 0.2) is 6.61 Å². The molecule has 0 aliphatic heterocycles. The van der Waals surface area contributed by atoms with Crippen molar-refractivity contribution in [1.29, 1.82) is 0 Å². The average Bonchev–Trinajstić information content (AvgIpc) is 2.61. The van der Waals surface area contributed by atoms with Crippen LogP contribution in [0.3, 0.4) is 0 Å². The summed E-state index contributed by atoms with van der Waals surface area (Å²) in [7, 11) is 0. The van der Waals surface area contributed by atoms with Gasteiger partial charge in [-0.3, -0.25) is 14.4 Å². The van der Waals surface area contributed by atoms with Gasteiger partial charge in [0, 0.05) is 12.6 Å². The Bertz CT molecular complexity index is 793. The van der Waals surface area contributed by atoms with Gasteiger partial charge in [0.1, 0.15) is 11.6 Å². The third-order valence-electron chi connectivity index (χ3n) is 3.13. The lowest BCUT2D eigenvalue weighted by Crippen LogP contribution is -2.35. The van der Waals surface area contributed by atoms with Crippen LogP contribution in [0.25, 0.3) is 0 Å². The Morgan fingerprint density at radius 3 is 2.35 bits per heavy atom. The van der Waals surface area contributed by atoms with Crippen molar-refractivity contribution in [2.45, 2.75) is 6.92 Å². The summed E-state index contributed by atoms with van der Waals surface area (Å²) in [5, 5.41) is 7.52. The Morgan fingerprint density at radius 2 is 1.65 bits per heavy atom. The second-order valence-corrected chi connectivity index (χ2v) is 5.30. The van der Waals surface area contributed by atoms with E-state index < -0.39 is 17.6 Å². The lowest BCUT2D eigenvalue weighted by atomic mass is 10.3. The Morgan fingerprint density at radius 1 is 0.962 bits per heavy atom. The number of nitrogens with one attached hydrogen (secondary N) is 3. The van der Waals surface area contributed by atoms with Gasteiger partial charge in [0.2, 0.25) is 11.8 Å². The third kappa shape index (κ3) is 6.23. The van der Waals surface area contributed by atoms with Gasteiger partial charge in [0.05, 0.1) is 12.2 Å². The monoisotopic (exact) mass is 359 g/mol. The normalized spacial score (nSPS) is 9.92. The predicted octanol–water partition coefficient (Wildman–Crippen LogP) is 1.92. The maximum absolute atomic E-state index is 12.8. The SMILES string of the molecule is CC(=O)Nc1ccccc1OCC(=O)NCC(=O)Nc1ccc(F)cc1. The Balaban J connectivity index is 1.78. The van der Waals surface area contributed by atoms with Gasteiger partial charge in [-0.2, -0.15) is 0 Å². The molecule has 0 fully saturated rings. The molecule has 26 heavy (non-hydrogen) atoms. The zero-order valence-corrected chi connectivity index (χ0v) is 14.0. The van der Waals surface area contributed by atoms with Gasteiger partial charge in [0.25, 0.3) is 5.91 Å². The van der Waals surface area contributed by atoms with E-state index in [1.54, 1.807) is 24.3 Å². The van der Waals surface area contributed by atoms with Crippen molar-refractivity contribution >= 4 is 29.1 Å². The van der Waals surface area contributed by atoms with E-state index in [0.29, 0.717) is 17.1 Å². The maximum Gasteiger partial charge on any atom is 0.258 e. The summed E-state index contributed by atoms with van der Waals surface area (Å²) < 4.78 is 18.2. The minimum Gasteiger partial charge on any atom is -0.482 e. The number of anilines is 2. The number of carbonyl (C=O) groups excluding carboxylic acids is 3. The van der Waals surface area contributed by atoms with Crippen molar-refractivity contribution in [3.8, 4) is 5.75 Å². The van der Waals surface area contributed by atoms with Crippen molar-refractivity contribution in [2.24, 2.45) is 0 Å². The maximum atomic E-state index is 12.8. The highest BCUT2D eigenvalue weighted by molar-refractivity contribution is 5.94. The summed E-state index contributed by atoms with van der Waals surface area (Å²) in [6.07, 6.45) is 0. The van der Waals surface area contributed by atoms with Crippen molar-refractivity contribution in [3.63, 3.8) is 0 Å². The second kappa shape index (κ2) is 9.16. The zero-order chi connectivity index (χ0) is 18.9. The predicted molar refractivity (Wildman–Crippen MR) is 94.3 cm³/mol. The molecule has 0 saturated carbocycles. The van der Waals surface area contributed by atoms with E-state index in [1.807, 2.05) is 0 Å². The molecule has 8 heteroatoms. The molecule has 136 valence electrons. The number of benzene rings is 2. The highest BCUT2D eigenvalue weighted by Gasteiger charge is 2.09. The van der Waals surface area contributed by atoms with Crippen LogP contribution in [0.1, 0.15) is 6.92 Å². The Labute approximate surface area is 149 Å². The molecule has 2 rings (SSSR count). The van der Waals surface area contributed by atoms with E-state index in [-0.39, 0.29) is 19.1 Å². The summed E-state index contributed by atoms with van der Waals surface area (Å²) >= 11 is 0. The fourth-order valence-corrected chi connectivity index (χ4v) is 2.00. The van der Waals surface area contributed by atoms with Crippen LogP contribution in [0.4, 0.5) is 15.8 Å². The van der Waals surface area contributed by atoms with Crippen molar-refractivity contribution in [3.05, 3.63) is 54.3 Å². The zero-order valence-electron chi connectivity index (χ0n) is 14.0. The van der Waals surface area contributed by atoms with Gasteiger partial charge >= 0.3 is 0 Å². The molecule has 3 N–H and O–H groups in total. The summed E-state index contributed by atoms with van der Waals surface area (Å²) in [5.41, 5.74) is 0.869. The molecule has 7 nitrogen and oxygen atoms in total. The van der Waals surface area contributed by atoms with Crippen molar-refractivity contribution < 1.29 is 23.5 Å². The molecule has 2 aromatic rings. The molecule has 0 atom stereocenters. The molecule has 2 aromatic carbocycles. The summed E-state index contributed by atoms with van der Waals surface area (Å²) in [6.45, 7) is 0.788. The number of ether oxygens (including phenoxy) is 1. The minimum absolute atomic E-state index is 0.257. The average molecular weight is 359 g/mol. The number of hydrogen-bond acceptors (Lipinski definition) is 4. The fourth-order valence-electron chi connectivity index (χ4n) is 2.00. The second-order valence-electron chi connectivity index (χ2n) is 5.30. The van der Waals surface area contributed by atoms with Crippen LogP contribution in [0.15, 0.2) is 48.5 Å². The molecule has 0 aromatic heterocycles. The van der Waals surface area contributed by atoms with E-state index in [1.165, 1.54) is 31.2 Å². The molecule has 0 saturated heterocycles. The molecule has 0 unspecified atom stereocenters. The van der Waals surface area contributed by atoms with Crippen molar-refractivity contribution in [1.82, 2.24) is 5.32 Å². The first-order chi connectivity index (χ1) is 12.4. The summed E-state index contributed by atoms with van der Waals surface area (Å²) in [4.78, 5) is 34.7. The van der Waals surface area contributed by atoms with Crippen LogP contribution in [-0.2, 0) is 14.4 Å². The first-order valence-corrected chi connectivity index (χ1v) is 7.75. The van der Waals surface area contributed by atoms with Gasteiger partial charge in [-0.05, 0) is 36.4 Å². The van der Waals surface area contributed by atoms with E-state index in [9.17, 15) is 18.8 Å². The number of hydrogen-bond donors (Lipinski definition) is 3. The van der Waals surface area contributed by atoms with Crippen LogP contribution in [0, 0.1) is 5.82 Å². The molecule has 0 radical (unpaired) electrons. The number of halogens is 1. The van der Waals surface area contributed by atoms with Crippen molar-refractivity contribution in [2.75, 3.05) is 23.8 Å². The van der Waals surface area contributed by atoms with E-state index >= 15 is 0 Å². The standard InChI is InChI=1S/C18H18FN3O4/c1-12(23)21-15-4-2-3-5-16(15)26-11-18(25)20-10-17(24)22-14-8-6-13(19)7-9-14/h2-9H,10-11H2,1H3,(H,20,25)(H,21,23)(H,22,24). The Hall–Kier alpha value is -3.42. The van der Waals surface area contributed by atoms with Crippen LogP contribution in [0.2, 0.25) is 0 Å². The third-order valence-corrected chi connectivity index (χ3v) is 3.13. The van der Waals surface area contributed by atoms with Crippen LogP contribution in [0.5, 0.6) is 5.75 Å². The Kier molecular flexibility index (Phi) is 6.67. The summed E-state index contributed by atoms with van der Waals surface area (Å²) in [5.74, 6) is -1.29. The number of para-hydroxylation sites is 2. The van der Waals surface area contributed by atoms with Gasteiger partial charge in [-0.15, -0.1) is 0 Å². The smallest absolute Gasteiger partial charge is 0.258 e. The quantitative estimate of drug-likeness (QED) is 0.704. The van der Waals surface area contributed by atoms with E-state index in [4.69, 9.17) is 4.74 Å². The van der Waals surface area contributed by atoms with Crippen LogP contribution < -0.4 is 20.7 Å². The minimum atomic E-state index is -0.503. The fraction of sp³-hybridized carbons (Fsp3) is 0.167. The highest BCUT2D eigenvalue weighted by Crippen LogP contribution is 2.23. The lowest BCUT2D eigenvalue weighted by molar-refractivity contribution is -0.125. The molecule has 0 aliphatic carbocycles. The number of amides is 3. The van der Waals surface area contributed by atoms with Gasteiger partial charge < -0.3 is 20.7 Å². The van der Waals surface area contributed by atoms with Gasteiger partial charge in [-0.25, -0.2) is 4.39 Å². The molecule has 0 heterocycles. The molecule has 0 aliphatic rings. The molecular formula is C18H18FN3O4. The van der Waals surface area contributed by atoms with Crippen LogP contribution >= 0.6 is 0 Å². The topological polar surface area (TPSA) is 96.5 Å². The number of rotatable bonds is 7.